The molecule has 4 rings (SSSR count). The van der Waals surface area contributed by atoms with Crippen LogP contribution < -0.4 is 0 Å². The van der Waals surface area contributed by atoms with Crippen LogP contribution >= 0.6 is 11.8 Å². The highest BCUT2D eigenvalue weighted by molar-refractivity contribution is 8.01. The van der Waals surface area contributed by atoms with E-state index in [1.807, 2.05) is 74.5 Å². The fourth-order valence-corrected chi connectivity index (χ4v) is 5.34. The van der Waals surface area contributed by atoms with E-state index in [1.165, 1.54) is 0 Å². The molecule has 134 valence electrons. The van der Waals surface area contributed by atoms with Crippen molar-refractivity contribution in [3.63, 3.8) is 0 Å². The number of thioether (sulfide) groups is 1. The van der Waals surface area contributed by atoms with Gasteiger partial charge in [-0.3, -0.25) is 4.79 Å². The minimum absolute atomic E-state index is 0.0333. The molecule has 2 aromatic carbocycles. The lowest BCUT2D eigenvalue weighted by atomic mass is 9.97. The molecule has 2 atom stereocenters. The highest BCUT2D eigenvalue weighted by atomic mass is 32.2. The Balaban J connectivity index is 1.64. The molecule has 1 amide bonds. The van der Waals surface area contributed by atoms with Crippen LogP contribution in [0.25, 0.3) is 0 Å². The molecule has 0 N–H and O–H groups in total. The second kappa shape index (κ2) is 6.47. The molecule has 5 heteroatoms. The molecular weight excluding hydrogens is 346 g/mol. The van der Waals surface area contributed by atoms with Gasteiger partial charge in [-0.25, -0.2) is 4.79 Å². The zero-order chi connectivity index (χ0) is 18.3. The van der Waals surface area contributed by atoms with Crippen LogP contribution in [0, 0.1) is 0 Å². The lowest BCUT2D eigenvalue weighted by Crippen LogP contribution is -2.57. The number of benzene rings is 2. The van der Waals surface area contributed by atoms with Crippen LogP contribution in [0.5, 0.6) is 0 Å². The first-order valence-electron chi connectivity index (χ1n) is 8.77. The standard InChI is InChI=1S/C21H21NO3S/c1-21(2)19(22-16(23)13-17(22)26-21)20(24)25-18(14-9-5-3-6-10-14)15-11-7-4-8-12-15/h3-12,17-19H,13H2,1-2H3/t17-,19+/m1/s1. The molecule has 0 saturated carbocycles. The Morgan fingerprint density at radius 3 is 2.12 bits per heavy atom. The van der Waals surface area contributed by atoms with Crippen molar-refractivity contribution in [3.8, 4) is 0 Å². The van der Waals surface area contributed by atoms with E-state index in [2.05, 4.69) is 0 Å². The van der Waals surface area contributed by atoms with Gasteiger partial charge in [-0.1, -0.05) is 60.7 Å². The Labute approximate surface area is 157 Å². The summed E-state index contributed by atoms with van der Waals surface area (Å²) in [6, 6.07) is 18.9. The zero-order valence-electron chi connectivity index (χ0n) is 14.8. The number of hydrogen-bond acceptors (Lipinski definition) is 4. The second-order valence-electron chi connectivity index (χ2n) is 7.22. The number of nitrogens with zero attached hydrogens (tertiary/aromatic N) is 1. The molecule has 2 saturated heterocycles. The number of esters is 1. The first-order chi connectivity index (χ1) is 12.5. The number of fused-ring (bicyclic) bond motifs is 1. The SMILES string of the molecule is CC1(C)S[C@@H]2CC(=O)N2[C@H]1C(=O)OC(c1ccccc1)c1ccccc1. The third-order valence-corrected chi connectivity index (χ3v) is 6.48. The molecule has 2 fully saturated rings. The number of hydrogen-bond donors (Lipinski definition) is 0. The molecule has 2 aromatic rings. The first-order valence-corrected chi connectivity index (χ1v) is 9.65. The predicted octanol–water partition coefficient (Wildman–Crippen LogP) is 3.77. The van der Waals surface area contributed by atoms with Crippen molar-refractivity contribution in [3.05, 3.63) is 71.8 Å². The van der Waals surface area contributed by atoms with E-state index in [0.717, 1.165) is 11.1 Å². The minimum atomic E-state index is -0.548. The highest BCUT2D eigenvalue weighted by Crippen LogP contribution is 2.51. The van der Waals surface area contributed by atoms with Crippen LogP contribution in [0.15, 0.2) is 60.7 Å². The van der Waals surface area contributed by atoms with Gasteiger partial charge < -0.3 is 9.64 Å². The van der Waals surface area contributed by atoms with Crippen molar-refractivity contribution < 1.29 is 14.3 Å². The predicted molar refractivity (Wildman–Crippen MR) is 102 cm³/mol. The van der Waals surface area contributed by atoms with Crippen LogP contribution in [-0.4, -0.2) is 32.9 Å². The topological polar surface area (TPSA) is 46.6 Å². The van der Waals surface area contributed by atoms with Gasteiger partial charge in [0.05, 0.1) is 11.8 Å². The van der Waals surface area contributed by atoms with Gasteiger partial charge >= 0.3 is 5.97 Å². The van der Waals surface area contributed by atoms with Gasteiger partial charge in [0.1, 0.15) is 6.04 Å². The maximum atomic E-state index is 13.1. The molecule has 0 spiro atoms. The molecule has 0 unspecified atom stereocenters. The number of β-lactam (4-membered cyclic amide) rings is 1. The van der Waals surface area contributed by atoms with E-state index in [0.29, 0.717) is 6.42 Å². The van der Waals surface area contributed by atoms with Crippen molar-refractivity contribution >= 4 is 23.6 Å². The number of amides is 1. The monoisotopic (exact) mass is 367 g/mol. The van der Waals surface area contributed by atoms with E-state index in [-0.39, 0.29) is 22.0 Å². The summed E-state index contributed by atoms with van der Waals surface area (Å²) in [6.45, 7) is 4.02. The van der Waals surface area contributed by atoms with Crippen LogP contribution in [0.4, 0.5) is 0 Å². The summed E-state index contributed by atoms with van der Waals surface area (Å²) >= 11 is 1.68. The molecular formula is C21H21NO3S. The zero-order valence-corrected chi connectivity index (χ0v) is 15.6. The van der Waals surface area contributed by atoms with Crippen LogP contribution in [0.3, 0.4) is 0 Å². The molecule has 4 nitrogen and oxygen atoms in total. The van der Waals surface area contributed by atoms with Crippen molar-refractivity contribution in [2.24, 2.45) is 0 Å². The van der Waals surface area contributed by atoms with Crippen molar-refractivity contribution in [2.75, 3.05) is 0 Å². The quantitative estimate of drug-likeness (QED) is 0.610. The number of ether oxygens (including phenoxy) is 1. The number of carbonyl (C=O) groups is 2. The fraction of sp³-hybridized carbons (Fsp3) is 0.333. The summed E-state index contributed by atoms with van der Waals surface area (Å²) in [4.78, 5) is 26.9. The fourth-order valence-electron chi connectivity index (χ4n) is 3.72. The molecule has 0 aromatic heterocycles. The highest BCUT2D eigenvalue weighted by Gasteiger charge is 2.59. The van der Waals surface area contributed by atoms with Crippen molar-refractivity contribution in [2.45, 2.75) is 42.5 Å². The number of rotatable bonds is 4. The Hall–Kier alpha value is -2.27. The average molecular weight is 367 g/mol. The summed E-state index contributed by atoms with van der Waals surface area (Å²) in [6.07, 6.45) is 0.0275. The lowest BCUT2D eigenvalue weighted by Gasteiger charge is -2.38. The van der Waals surface area contributed by atoms with Crippen molar-refractivity contribution in [1.29, 1.82) is 0 Å². The minimum Gasteiger partial charge on any atom is -0.451 e. The maximum absolute atomic E-state index is 13.1. The van der Waals surface area contributed by atoms with Gasteiger partial charge in [0.2, 0.25) is 5.91 Å². The summed E-state index contributed by atoms with van der Waals surface area (Å²) in [5, 5.41) is 0.0990. The van der Waals surface area contributed by atoms with E-state index in [9.17, 15) is 9.59 Å². The maximum Gasteiger partial charge on any atom is 0.331 e. The van der Waals surface area contributed by atoms with E-state index in [1.54, 1.807) is 16.7 Å². The smallest absolute Gasteiger partial charge is 0.331 e. The van der Waals surface area contributed by atoms with Gasteiger partial charge in [-0.05, 0) is 25.0 Å². The van der Waals surface area contributed by atoms with Crippen LogP contribution in [0.1, 0.15) is 37.5 Å². The lowest BCUT2D eigenvalue weighted by molar-refractivity contribution is -0.164. The Kier molecular flexibility index (Phi) is 4.27. The van der Waals surface area contributed by atoms with E-state index < -0.39 is 12.1 Å². The Bertz CT molecular complexity index is 782. The van der Waals surface area contributed by atoms with Crippen LogP contribution in [0.2, 0.25) is 0 Å². The van der Waals surface area contributed by atoms with E-state index in [4.69, 9.17) is 4.74 Å². The molecule has 0 bridgehead atoms. The van der Waals surface area contributed by atoms with Gasteiger partial charge in [0.15, 0.2) is 6.10 Å². The molecule has 2 aliphatic rings. The molecule has 26 heavy (non-hydrogen) atoms. The number of carbonyl (C=O) groups excluding carboxylic acids is 2. The largest absolute Gasteiger partial charge is 0.451 e. The first kappa shape index (κ1) is 17.2. The van der Waals surface area contributed by atoms with E-state index >= 15 is 0 Å². The van der Waals surface area contributed by atoms with Crippen LogP contribution in [-0.2, 0) is 14.3 Å². The molecule has 0 aliphatic carbocycles. The molecule has 2 heterocycles. The van der Waals surface area contributed by atoms with Gasteiger partial charge in [-0.2, -0.15) is 0 Å². The van der Waals surface area contributed by atoms with Crippen molar-refractivity contribution in [1.82, 2.24) is 4.90 Å². The third kappa shape index (κ3) is 2.90. The van der Waals surface area contributed by atoms with Gasteiger partial charge in [0.25, 0.3) is 0 Å². The molecule has 2 aliphatic heterocycles. The second-order valence-corrected chi connectivity index (χ2v) is 9.05. The van der Waals surface area contributed by atoms with Gasteiger partial charge in [-0.15, -0.1) is 11.8 Å². The normalized spacial score (nSPS) is 23.5. The Morgan fingerprint density at radius 2 is 1.62 bits per heavy atom. The van der Waals surface area contributed by atoms with Gasteiger partial charge in [0, 0.05) is 4.75 Å². The summed E-state index contributed by atoms with van der Waals surface area (Å²) in [5.74, 6) is -0.304. The summed E-state index contributed by atoms with van der Waals surface area (Å²) in [5.41, 5.74) is 1.84. The average Bonchev–Trinajstić information content (AvgIpc) is 2.86. The third-order valence-electron chi connectivity index (χ3n) is 4.99. The molecule has 0 radical (unpaired) electrons. The summed E-state index contributed by atoms with van der Waals surface area (Å²) in [7, 11) is 0. The summed E-state index contributed by atoms with van der Waals surface area (Å²) < 4.78 is 5.64. The Morgan fingerprint density at radius 1 is 1.08 bits per heavy atom.